The third-order valence-corrected chi connectivity index (χ3v) is 10.8. The van der Waals surface area contributed by atoms with Crippen molar-refractivity contribution in [3.63, 3.8) is 0 Å². The van der Waals surface area contributed by atoms with E-state index in [4.69, 9.17) is 8.74 Å². The highest BCUT2D eigenvalue weighted by Crippen LogP contribution is 2.67. The van der Waals surface area contributed by atoms with Gasteiger partial charge in [-0.2, -0.15) is 8.42 Å². The number of hydrogen-bond donors (Lipinski definition) is 2. The fourth-order valence-electron chi connectivity index (χ4n) is 8.64. The first-order chi connectivity index (χ1) is 14.7. The van der Waals surface area contributed by atoms with Crippen LogP contribution < -0.4 is 0 Å². The van der Waals surface area contributed by atoms with E-state index in [1.165, 1.54) is 31.3 Å². The smallest absolute Gasteiger partial charge is 0.390 e. The Balaban J connectivity index is 1.49. The number of fused-ring (bicyclic) bond motifs is 5. The van der Waals surface area contributed by atoms with Gasteiger partial charge < -0.3 is 5.11 Å². The van der Waals surface area contributed by atoms with Gasteiger partial charge >= 0.3 is 10.4 Å². The summed E-state index contributed by atoms with van der Waals surface area (Å²) in [7, 11) is -4.40. The van der Waals surface area contributed by atoms with Crippen molar-refractivity contribution >= 4 is 10.4 Å². The molecule has 0 aromatic heterocycles. The first kappa shape index (κ1) is 24.7. The van der Waals surface area contributed by atoms with Crippen LogP contribution in [0.25, 0.3) is 0 Å². The predicted octanol–water partition coefficient (Wildman–Crippen LogP) is 5.94. The maximum absolute atomic E-state index is 11.2. The van der Waals surface area contributed by atoms with E-state index in [0.29, 0.717) is 36.0 Å². The molecule has 184 valence electrons. The molecule has 0 heterocycles. The molecule has 2 N–H and O–H groups in total. The van der Waals surface area contributed by atoms with Crippen molar-refractivity contribution in [1.29, 1.82) is 0 Å². The van der Waals surface area contributed by atoms with Gasteiger partial charge in [-0.1, -0.05) is 32.4 Å². The summed E-state index contributed by atoms with van der Waals surface area (Å²) in [5.74, 6) is 3.53. The highest BCUT2D eigenvalue weighted by atomic mass is 32.3. The summed E-state index contributed by atoms with van der Waals surface area (Å²) in [6.07, 6.45) is 12.5. The zero-order valence-electron chi connectivity index (χ0n) is 20.6. The standard InChI is InChI=1S/C26H44O5S/c1-17(10-13-24(2,3)27)21-8-9-22-20-7-6-18-16-19(31-32(28,29)30)11-14-25(18,4)23(20)12-15-26(21,22)5/h6,17,19-23,27H,7-16H2,1-5H3,(H,28,29,30)/t17-,19+,20?,21-,22+,23+,25+,26-/m1/s1. The van der Waals surface area contributed by atoms with E-state index < -0.39 is 22.1 Å². The Labute approximate surface area is 195 Å². The van der Waals surface area contributed by atoms with E-state index in [1.54, 1.807) is 0 Å². The minimum Gasteiger partial charge on any atom is -0.390 e. The molecule has 4 aliphatic carbocycles. The zero-order valence-corrected chi connectivity index (χ0v) is 21.5. The van der Waals surface area contributed by atoms with Gasteiger partial charge in [-0.3, -0.25) is 4.55 Å². The monoisotopic (exact) mass is 468 g/mol. The lowest BCUT2D eigenvalue weighted by Crippen LogP contribution is -2.51. The van der Waals surface area contributed by atoms with E-state index in [-0.39, 0.29) is 5.41 Å². The van der Waals surface area contributed by atoms with E-state index in [1.807, 2.05) is 13.8 Å². The molecule has 4 aliphatic rings. The molecule has 1 unspecified atom stereocenters. The van der Waals surface area contributed by atoms with E-state index in [2.05, 4.69) is 26.8 Å². The Hall–Kier alpha value is -0.430. The maximum atomic E-state index is 11.2. The average molecular weight is 469 g/mol. The van der Waals surface area contributed by atoms with Gasteiger partial charge in [0.25, 0.3) is 0 Å². The van der Waals surface area contributed by atoms with Crippen LogP contribution in [0.1, 0.15) is 98.8 Å². The Morgan fingerprint density at radius 2 is 1.88 bits per heavy atom. The van der Waals surface area contributed by atoms with Gasteiger partial charge in [0.15, 0.2) is 0 Å². The van der Waals surface area contributed by atoms with Crippen LogP contribution in [0.5, 0.6) is 0 Å². The third-order valence-electron chi connectivity index (χ3n) is 10.3. The first-order valence-corrected chi connectivity index (χ1v) is 14.2. The topological polar surface area (TPSA) is 83.8 Å². The quantitative estimate of drug-likeness (QED) is 0.372. The summed E-state index contributed by atoms with van der Waals surface area (Å²) in [4.78, 5) is 0. The van der Waals surface area contributed by atoms with Crippen LogP contribution in [-0.2, 0) is 14.6 Å². The second-order valence-corrected chi connectivity index (χ2v) is 13.8. The fourth-order valence-corrected chi connectivity index (χ4v) is 9.15. The molecule has 6 heteroatoms. The van der Waals surface area contributed by atoms with Gasteiger partial charge in [0.05, 0.1) is 11.7 Å². The molecule has 3 saturated carbocycles. The Kier molecular flexibility index (Phi) is 6.44. The van der Waals surface area contributed by atoms with Crippen molar-refractivity contribution < 1.29 is 22.3 Å². The number of allylic oxidation sites excluding steroid dienone is 1. The first-order valence-electron chi connectivity index (χ1n) is 12.8. The Morgan fingerprint density at radius 1 is 1.16 bits per heavy atom. The second kappa shape index (κ2) is 8.35. The molecule has 0 radical (unpaired) electrons. The second-order valence-electron chi connectivity index (χ2n) is 12.7. The van der Waals surface area contributed by atoms with Crippen LogP contribution in [0.3, 0.4) is 0 Å². The van der Waals surface area contributed by atoms with Crippen LogP contribution in [0.2, 0.25) is 0 Å². The van der Waals surface area contributed by atoms with Gasteiger partial charge in [-0.15, -0.1) is 0 Å². The molecule has 0 aliphatic heterocycles. The van der Waals surface area contributed by atoms with Crippen molar-refractivity contribution in [3.05, 3.63) is 11.6 Å². The van der Waals surface area contributed by atoms with Crippen molar-refractivity contribution in [2.75, 3.05) is 0 Å². The Morgan fingerprint density at radius 3 is 2.53 bits per heavy atom. The highest BCUT2D eigenvalue weighted by molar-refractivity contribution is 7.80. The average Bonchev–Trinajstić information content (AvgIpc) is 3.02. The van der Waals surface area contributed by atoms with Gasteiger partial charge in [-0.25, -0.2) is 4.18 Å². The lowest BCUT2D eigenvalue weighted by atomic mass is 9.47. The van der Waals surface area contributed by atoms with Crippen LogP contribution >= 0.6 is 0 Å². The van der Waals surface area contributed by atoms with E-state index in [9.17, 15) is 13.5 Å². The highest BCUT2D eigenvalue weighted by Gasteiger charge is 2.59. The summed E-state index contributed by atoms with van der Waals surface area (Å²) in [5, 5.41) is 10.2. The molecule has 32 heavy (non-hydrogen) atoms. The molecule has 8 atom stereocenters. The molecule has 5 nitrogen and oxygen atoms in total. The van der Waals surface area contributed by atoms with E-state index >= 15 is 0 Å². The number of rotatable bonds is 6. The molecular formula is C26H44O5S. The Bertz CT molecular complexity index is 843. The summed E-state index contributed by atoms with van der Waals surface area (Å²) >= 11 is 0. The van der Waals surface area contributed by atoms with Crippen molar-refractivity contribution in [1.82, 2.24) is 0 Å². The molecule has 0 amide bonds. The summed E-state index contributed by atoms with van der Waals surface area (Å²) in [5.41, 5.74) is 1.30. The zero-order chi connectivity index (χ0) is 23.5. The SMILES string of the molecule is C[C@H](CCC(C)(C)O)[C@H]1CC[C@H]2C3CC=C4C[C@@H](OS(=O)(=O)O)CC[C@]4(C)[C@H]3CC[C@]12C. The summed E-state index contributed by atoms with van der Waals surface area (Å²) < 4.78 is 36.5. The van der Waals surface area contributed by atoms with Crippen LogP contribution in [0, 0.1) is 40.4 Å². The van der Waals surface area contributed by atoms with Gasteiger partial charge in [0, 0.05) is 0 Å². The van der Waals surface area contributed by atoms with E-state index in [0.717, 1.165) is 37.5 Å². The molecule has 3 fully saturated rings. The molecule has 0 saturated heterocycles. The lowest BCUT2D eigenvalue weighted by molar-refractivity contribution is -0.0573. The molecule has 0 aromatic rings. The minimum absolute atomic E-state index is 0.133. The van der Waals surface area contributed by atoms with Crippen LogP contribution in [0.4, 0.5) is 0 Å². The molecule has 0 aromatic carbocycles. The van der Waals surface area contributed by atoms with Gasteiger partial charge in [0.2, 0.25) is 0 Å². The fraction of sp³-hybridized carbons (Fsp3) is 0.923. The maximum Gasteiger partial charge on any atom is 0.397 e. The predicted molar refractivity (Wildman–Crippen MR) is 126 cm³/mol. The van der Waals surface area contributed by atoms with Gasteiger partial charge in [0.1, 0.15) is 0 Å². The molecule has 0 bridgehead atoms. The van der Waals surface area contributed by atoms with Crippen molar-refractivity contribution in [2.45, 2.75) is 111 Å². The lowest BCUT2D eigenvalue weighted by Gasteiger charge is -2.58. The summed E-state index contributed by atoms with van der Waals surface area (Å²) in [6, 6.07) is 0. The third kappa shape index (κ3) is 4.58. The van der Waals surface area contributed by atoms with Crippen LogP contribution in [-0.4, -0.2) is 29.8 Å². The molecular weight excluding hydrogens is 424 g/mol. The number of hydrogen-bond acceptors (Lipinski definition) is 4. The normalized spacial score (nSPS) is 43.1. The minimum atomic E-state index is -4.40. The van der Waals surface area contributed by atoms with Crippen molar-refractivity contribution in [2.24, 2.45) is 40.4 Å². The molecule has 4 rings (SSSR count). The molecule has 0 spiro atoms. The number of aliphatic hydroxyl groups is 1. The van der Waals surface area contributed by atoms with Crippen LogP contribution in [0.15, 0.2) is 11.6 Å². The van der Waals surface area contributed by atoms with Gasteiger partial charge in [-0.05, 0) is 118 Å². The van der Waals surface area contributed by atoms with Crippen molar-refractivity contribution in [3.8, 4) is 0 Å². The summed E-state index contributed by atoms with van der Waals surface area (Å²) in [6.45, 7) is 11.2. The largest absolute Gasteiger partial charge is 0.397 e.